The van der Waals surface area contributed by atoms with E-state index >= 15 is 0 Å². The maximum atomic E-state index is 13.2. The van der Waals surface area contributed by atoms with E-state index in [4.69, 9.17) is 9.47 Å². The Morgan fingerprint density at radius 3 is 2.31 bits per heavy atom. The molecule has 5 heteroatoms. The number of ether oxygens (including phenoxy) is 2. The van der Waals surface area contributed by atoms with E-state index in [1.807, 2.05) is 0 Å². The van der Waals surface area contributed by atoms with Gasteiger partial charge in [-0.25, -0.2) is 14.0 Å². The molecule has 0 aliphatic rings. The quantitative estimate of drug-likeness (QED) is 0.352. The summed E-state index contributed by atoms with van der Waals surface area (Å²) in [5.74, 6) is -1.52. The first-order valence-electron chi connectivity index (χ1n) is 8.85. The molecule has 26 heavy (non-hydrogen) atoms. The molecule has 138 valence electrons. The van der Waals surface area contributed by atoms with Gasteiger partial charge >= 0.3 is 11.9 Å². The molecule has 4 nitrogen and oxygen atoms in total. The van der Waals surface area contributed by atoms with Crippen LogP contribution in [0, 0.1) is 5.82 Å². The van der Waals surface area contributed by atoms with Crippen LogP contribution >= 0.6 is 0 Å². The average molecular weight is 358 g/mol. The second-order valence-electron chi connectivity index (χ2n) is 5.98. The number of halogens is 1. The Kier molecular flexibility index (Phi) is 7.80. The molecule has 0 radical (unpaired) electrons. The van der Waals surface area contributed by atoms with E-state index in [-0.39, 0.29) is 16.9 Å². The molecule has 0 saturated carbocycles. The Morgan fingerprint density at radius 2 is 1.58 bits per heavy atom. The molecule has 2 rings (SSSR count). The van der Waals surface area contributed by atoms with Crippen LogP contribution in [0.25, 0.3) is 0 Å². The largest absolute Gasteiger partial charge is 0.462 e. The molecule has 0 fully saturated rings. The summed E-state index contributed by atoms with van der Waals surface area (Å²) in [5.41, 5.74) is 0.485. The van der Waals surface area contributed by atoms with Gasteiger partial charge in [-0.1, -0.05) is 44.7 Å². The third kappa shape index (κ3) is 6.31. The summed E-state index contributed by atoms with van der Waals surface area (Å²) >= 11 is 0. The zero-order valence-corrected chi connectivity index (χ0v) is 14.9. The Morgan fingerprint density at radius 1 is 0.885 bits per heavy atom. The van der Waals surface area contributed by atoms with Crippen molar-refractivity contribution in [3.05, 3.63) is 65.5 Å². The van der Waals surface area contributed by atoms with E-state index in [2.05, 4.69) is 6.92 Å². The zero-order valence-electron chi connectivity index (χ0n) is 14.9. The van der Waals surface area contributed by atoms with Gasteiger partial charge in [0.15, 0.2) is 0 Å². The fourth-order valence-electron chi connectivity index (χ4n) is 2.42. The summed E-state index contributed by atoms with van der Waals surface area (Å²) in [5, 5.41) is 0. The molecule has 0 aliphatic carbocycles. The van der Waals surface area contributed by atoms with Crippen molar-refractivity contribution in [3.63, 3.8) is 0 Å². The molecule has 2 aromatic carbocycles. The predicted octanol–water partition coefficient (Wildman–Crippen LogP) is 5.17. The summed E-state index contributed by atoms with van der Waals surface area (Å²) < 4.78 is 23.5. The van der Waals surface area contributed by atoms with Crippen molar-refractivity contribution in [2.24, 2.45) is 0 Å². The maximum absolute atomic E-state index is 13.2. The number of carbonyl (C=O) groups excluding carboxylic acids is 2. The first kappa shape index (κ1) is 19.6. The lowest BCUT2D eigenvalue weighted by Gasteiger charge is -2.07. The van der Waals surface area contributed by atoms with E-state index in [1.165, 1.54) is 36.8 Å². The minimum Gasteiger partial charge on any atom is -0.462 e. The third-order valence-electron chi connectivity index (χ3n) is 3.82. The van der Waals surface area contributed by atoms with E-state index < -0.39 is 17.8 Å². The number of esters is 2. The molecule has 0 bridgehead atoms. The topological polar surface area (TPSA) is 52.6 Å². The molecule has 0 N–H and O–H groups in total. The highest BCUT2D eigenvalue weighted by Gasteiger charge is 2.13. The van der Waals surface area contributed by atoms with Gasteiger partial charge in [-0.3, -0.25) is 0 Å². The van der Waals surface area contributed by atoms with Crippen LogP contribution in [0.15, 0.2) is 48.5 Å². The molecule has 2 aromatic rings. The molecule has 0 saturated heterocycles. The number of hydrogen-bond acceptors (Lipinski definition) is 4. The summed E-state index contributed by atoms with van der Waals surface area (Å²) in [6.45, 7) is 2.51. The molecule has 0 spiro atoms. The Balaban J connectivity index is 1.90. The molecule has 0 atom stereocenters. The minimum atomic E-state index is -0.662. The van der Waals surface area contributed by atoms with E-state index in [9.17, 15) is 14.0 Å². The summed E-state index contributed by atoms with van der Waals surface area (Å²) in [4.78, 5) is 24.3. The van der Waals surface area contributed by atoms with Crippen molar-refractivity contribution in [3.8, 4) is 5.75 Å². The van der Waals surface area contributed by atoms with Crippen LogP contribution in [0.4, 0.5) is 4.39 Å². The van der Waals surface area contributed by atoms with Gasteiger partial charge in [0.2, 0.25) is 0 Å². The normalized spacial score (nSPS) is 10.4. The maximum Gasteiger partial charge on any atom is 0.343 e. The lowest BCUT2D eigenvalue weighted by molar-refractivity contribution is 0.0497. The fraction of sp³-hybridized carbons (Fsp3) is 0.333. The van der Waals surface area contributed by atoms with Crippen molar-refractivity contribution >= 4 is 11.9 Å². The van der Waals surface area contributed by atoms with Gasteiger partial charge in [0.1, 0.15) is 11.6 Å². The molecule has 0 amide bonds. The van der Waals surface area contributed by atoms with E-state index in [1.54, 1.807) is 12.1 Å². The first-order chi connectivity index (χ1) is 12.6. The van der Waals surface area contributed by atoms with Crippen LogP contribution in [0.5, 0.6) is 5.75 Å². The summed E-state index contributed by atoms with van der Waals surface area (Å²) in [6.07, 6.45) is 5.34. The fourth-order valence-corrected chi connectivity index (χ4v) is 2.42. The van der Waals surface area contributed by atoms with Crippen molar-refractivity contribution in [2.75, 3.05) is 6.61 Å². The van der Waals surface area contributed by atoms with Crippen LogP contribution in [0.3, 0.4) is 0 Å². The highest BCUT2D eigenvalue weighted by Crippen LogP contribution is 2.15. The van der Waals surface area contributed by atoms with Gasteiger partial charge in [-0.15, -0.1) is 0 Å². The second kappa shape index (κ2) is 10.3. The van der Waals surface area contributed by atoms with E-state index in [0.29, 0.717) is 6.61 Å². The van der Waals surface area contributed by atoms with Gasteiger partial charge in [-0.2, -0.15) is 0 Å². The molecule has 0 aromatic heterocycles. The minimum absolute atomic E-state index is 0.107. The molecular formula is C21H23FO4. The van der Waals surface area contributed by atoms with Crippen molar-refractivity contribution in [1.82, 2.24) is 0 Å². The predicted molar refractivity (Wildman–Crippen MR) is 96.8 cm³/mol. The van der Waals surface area contributed by atoms with Crippen molar-refractivity contribution in [2.45, 2.75) is 39.0 Å². The SMILES string of the molecule is CCCCCCCOC(=O)c1cccc(C(=O)Oc2cccc(F)c2)c1. The smallest absolute Gasteiger partial charge is 0.343 e. The van der Waals surface area contributed by atoms with Crippen LogP contribution in [-0.2, 0) is 4.74 Å². The number of rotatable bonds is 9. The lowest BCUT2D eigenvalue weighted by Crippen LogP contribution is -2.11. The molecule has 0 unspecified atom stereocenters. The number of carbonyl (C=O) groups is 2. The zero-order chi connectivity index (χ0) is 18.8. The number of benzene rings is 2. The standard InChI is InChI=1S/C21H23FO4/c1-2-3-4-5-6-13-25-20(23)16-9-7-10-17(14-16)21(24)26-19-12-8-11-18(22)15-19/h7-12,14-15H,2-6,13H2,1H3. The average Bonchev–Trinajstić information content (AvgIpc) is 2.64. The van der Waals surface area contributed by atoms with Crippen LogP contribution in [-0.4, -0.2) is 18.5 Å². The van der Waals surface area contributed by atoms with Gasteiger partial charge in [0.05, 0.1) is 17.7 Å². The van der Waals surface area contributed by atoms with Crippen molar-refractivity contribution < 1.29 is 23.5 Å². The van der Waals surface area contributed by atoms with Crippen LogP contribution in [0.2, 0.25) is 0 Å². The Bertz CT molecular complexity index is 742. The van der Waals surface area contributed by atoms with Crippen LogP contribution in [0.1, 0.15) is 59.7 Å². The van der Waals surface area contributed by atoms with Crippen molar-refractivity contribution in [1.29, 1.82) is 0 Å². The van der Waals surface area contributed by atoms with E-state index in [0.717, 1.165) is 31.7 Å². The summed E-state index contributed by atoms with van der Waals surface area (Å²) in [7, 11) is 0. The molecular weight excluding hydrogens is 335 g/mol. The number of hydrogen-bond donors (Lipinski definition) is 0. The highest BCUT2D eigenvalue weighted by molar-refractivity contribution is 5.96. The number of unbranched alkanes of at least 4 members (excludes halogenated alkanes) is 4. The monoisotopic (exact) mass is 358 g/mol. The molecule has 0 aliphatic heterocycles. The Hall–Kier alpha value is -2.69. The second-order valence-corrected chi connectivity index (χ2v) is 5.98. The van der Waals surface area contributed by atoms with Gasteiger partial charge in [-0.05, 0) is 36.8 Å². The van der Waals surface area contributed by atoms with Gasteiger partial charge in [0.25, 0.3) is 0 Å². The first-order valence-corrected chi connectivity index (χ1v) is 8.85. The van der Waals surface area contributed by atoms with Gasteiger partial charge in [0, 0.05) is 6.07 Å². The molecule has 0 heterocycles. The Labute approximate surface area is 152 Å². The summed E-state index contributed by atoms with van der Waals surface area (Å²) in [6, 6.07) is 11.4. The lowest BCUT2D eigenvalue weighted by atomic mass is 10.1. The van der Waals surface area contributed by atoms with Crippen LogP contribution < -0.4 is 4.74 Å². The third-order valence-corrected chi connectivity index (χ3v) is 3.82. The highest BCUT2D eigenvalue weighted by atomic mass is 19.1. The van der Waals surface area contributed by atoms with Gasteiger partial charge < -0.3 is 9.47 Å².